The van der Waals surface area contributed by atoms with Crippen molar-refractivity contribution in [2.75, 3.05) is 26.8 Å². The Kier molecular flexibility index (Phi) is 4.28. The molecule has 0 radical (unpaired) electrons. The molecular weight excluding hydrogens is 200 g/mol. The molecule has 0 bridgehead atoms. The molecular formula is C9H16N2O2S. The number of amides is 1. The van der Waals surface area contributed by atoms with Gasteiger partial charge < -0.3 is 15.4 Å². The number of carbonyl (C=O) groups is 1. The summed E-state index contributed by atoms with van der Waals surface area (Å²) < 4.78 is 4.79. The van der Waals surface area contributed by atoms with Crippen LogP contribution in [0.4, 0.5) is 0 Å². The number of thiocarbonyl (C=S) groups is 1. The lowest BCUT2D eigenvalue weighted by Crippen LogP contribution is -2.42. The molecule has 0 atom stereocenters. The first-order chi connectivity index (χ1) is 6.65. The summed E-state index contributed by atoms with van der Waals surface area (Å²) >= 11 is 4.92. The number of rotatable bonds is 3. The normalized spacial score (nSPS) is 18.2. The molecule has 1 amide bonds. The monoisotopic (exact) mass is 216 g/mol. The van der Waals surface area contributed by atoms with Gasteiger partial charge in [-0.15, -0.1) is 0 Å². The molecule has 0 spiro atoms. The Hall–Kier alpha value is -0.680. The van der Waals surface area contributed by atoms with Gasteiger partial charge in [0.15, 0.2) is 0 Å². The van der Waals surface area contributed by atoms with Crippen LogP contribution < -0.4 is 5.73 Å². The minimum atomic E-state index is 0.0499. The van der Waals surface area contributed by atoms with Gasteiger partial charge in [-0.3, -0.25) is 4.79 Å². The molecule has 0 unspecified atom stereocenters. The maximum Gasteiger partial charge on any atom is 0.248 e. The van der Waals surface area contributed by atoms with Crippen LogP contribution in [-0.4, -0.2) is 42.6 Å². The predicted molar refractivity (Wildman–Crippen MR) is 58.0 cm³/mol. The second-order valence-electron chi connectivity index (χ2n) is 3.49. The van der Waals surface area contributed by atoms with Gasteiger partial charge >= 0.3 is 0 Å². The van der Waals surface area contributed by atoms with Crippen LogP contribution in [0.15, 0.2) is 0 Å². The summed E-state index contributed by atoms with van der Waals surface area (Å²) in [6.45, 7) is 1.64. The van der Waals surface area contributed by atoms with Crippen molar-refractivity contribution in [2.45, 2.75) is 12.8 Å². The number of nitrogens with zero attached hydrogens (tertiary/aromatic N) is 1. The van der Waals surface area contributed by atoms with E-state index in [1.54, 1.807) is 4.90 Å². The van der Waals surface area contributed by atoms with Crippen molar-refractivity contribution in [2.24, 2.45) is 11.7 Å². The smallest absolute Gasteiger partial charge is 0.248 e. The molecule has 1 fully saturated rings. The topological polar surface area (TPSA) is 55.6 Å². The number of piperidine rings is 1. The van der Waals surface area contributed by atoms with Crippen molar-refractivity contribution >= 4 is 23.1 Å². The average Bonchev–Trinajstić information content (AvgIpc) is 2.18. The first-order valence-electron chi connectivity index (χ1n) is 4.71. The van der Waals surface area contributed by atoms with Crippen LogP contribution in [0.3, 0.4) is 0 Å². The molecule has 0 aromatic carbocycles. The summed E-state index contributed by atoms with van der Waals surface area (Å²) in [5.41, 5.74) is 5.55. The Morgan fingerprint density at radius 1 is 1.57 bits per heavy atom. The lowest BCUT2D eigenvalue weighted by atomic mass is 9.97. The van der Waals surface area contributed by atoms with Crippen LogP contribution in [0.5, 0.6) is 0 Å². The van der Waals surface area contributed by atoms with E-state index < -0.39 is 0 Å². The highest BCUT2D eigenvalue weighted by Crippen LogP contribution is 2.17. The van der Waals surface area contributed by atoms with Crippen LogP contribution in [0, 0.1) is 5.92 Å². The van der Waals surface area contributed by atoms with E-state index >= 15 is 0 Å². The minimum Gasteiger partial charge on any atom is -0.393 e. The Morgan fingerprint density at radius 3 is 2.57 bits per heavy atom. The van der Waals surface area contributed by atoms with Crippen LogP contribution >= 0.6 is 12.2 Å². The molecule has 14 heavy (non-hydrogen) atoms. The molecule has 1 aliphatic rings. The highest BCUT2D eigenvalue weighted by Gasteiger charge is 2.23. The molecule has 2 N–H and O–H groups in total. The minimum absolute atomic E-state index is 0.0499. The number of hydrogen-bond donors (Lipinski definition) is 1. The predicted octanol–water partition coefficient (Wildman–Crippen LogP) is 0.158. The summed E-state index contributed by atoms with van der Waals surface area (Å²) in [5.74, 6) is 0.352. The second kappa shape index (κ2) is 5.26. The Morgan fingerprint density at radius 2 is 2.14 bits per heavy atom. The molecule has 80 valence electrons. The summed E-state index contributed by atoms with van der Waals surface area (Å²) in [7, 11) is 1.53. The van der Waals surface area contributed by atoms with Crippen LogP contribution in [0.1, 0.15) is 12.8 Å². The molecule has 1 aliphatic heterocycles. The third kappa shape index (κ3) is 2.92. The van der Waals surface area contributed by atoms with Gasteiger partial charge in [-0.05, 0) is 12.8 Å². The molecule has 0 aromatic rings. The van der Waals surface area contributed by atoms with E-state index in [1.165, 1.54) is 7.11 Å². The van der Waals surface area contributed by atoms with Gasteiger partial charge in [0.25, 0.3) is 0 Å². The van der Waals surface area contributed by atoms with Gasteiger partial charge in [0.05, 0.1) is 4.99 Å². The third-order valence-electron chi connectivity index (χ3n) is 2.52. The lowest BCUT2D eigenvalue weighted by Gasteiger charge is -2.31. The average molecular weight is 216 g/mol. The van der Waals surface area contributed by atoms with Crippen LogP contribution in [0.2, 0.25) is 0 Å². The fourth-order valence-electron chi connectivity index (χ4n) is 1.63. The summed E-state index contributed by atoms with van der Waals surface area (Å²) in [6, 6.07) is 0. The highest BCUT2D eigenvalue weighted by atomic mass is 32.1. The fraction of sp³-hybridized carbons (Fsp3) is 0.778. The van der Waals surface area contributed by atoms with E-state index in [0.29, 0.717) is 10.9 Å². The van der Waals surface area contributed by atoms with Gasteiger partial charge in [0.2, 0.25) is 5.91 Å². The number of ether oxygens (including phenoxy) is 1. The zero-order valence-electron chi connectivity index (χ0n) is 8.36. The molecule has 1 heterocycles. The number of nitrogens with two attached hydrogens (primary N) is 1. The number of methoxy groups -OCH3 is 1. The number of likely N-dealkylation sites (tertiary alicyclic amines) is 1. The standard InChI is InChI=1S/C9H16N2O2S/c1-13-6-8(12)11-4-2-7(3-5-11)9(10)14/h7H,2-6H2,1H3,(H2,10,14). The van der Waals surface area contributed by atoms with E-state index in [-0.39, 0.29) is 12.5 Å². The van der Waals surface area contributed by atoms with Gasteiger partial charge in [-0.2, -0.15) is 0 Å². The molecule has 1 rings (SSSR count). The largest absolute Gasteiger partial charge is 0.393 e. The summed E-state index contributed by atoms with van der Waals surface area (Å²) in [6.07, 6.45) is 1.76. The van der Waals surface area contributed by atoms with Crippen molar-refractivity contribution in [1.29, 1.82) is 0 Å². The van der Waals surface area contributed by atoms with Crippen LogP contribution in [0.25, 0.3) is 0 Å². The number of carbonyl (C=O) groups excluding carboxylic acids is 1. The van der Waals surface area contributed by atoms with Gasteiger partial charge in [0.1, 0.15) is 6.61 Å². The molecule has 0 saturated carbocycles. The maximum atomic E-state index is 11.4. The maximum absolute atomic E-state index is 11.4. The second-order valence-corrected chi connectivity index (χ2v) is 3.96. The van der Waals surface area contributed by atoms with Crippen molar-refractivity contribution in [3.63, 3.8) is 0 Å². The first-order valence-corrected chi connectivity index (χ1v) is 5.12. The zero-order valence-corrected chi connectivity index (χ0v) is 9.18. The van der Waals surface area contributed by atoms with Crippen molar-refractivity contribution in [3.8, 4) is 0 Å². The van der Waals surface area contributed by atoms with E-state index in [9.17, 15) is 4.79 Å². The van der Waals surface area contributed by atoms with Crippen molar-refractivity contribution in [1.82, 2.24) is 4.90 Å². The van der Waals surface area contributed by atoms with E-state index in [2.05, 4.69) is 0 Å². The third-order valence-corrected chi connectivity index (χ3v) is 2.85. The van der Waals surface area contributed by atoms with Crippen LogP contribution in [-0.2, 0) is 9.53 Å². The quantitative estimate of drug-likeness (QED) is 0.683. The van der Waals surface area contributed by atoms with Crippen molar-refractivity contribution < 1.29 is 9.53 Å². The van der Waals surface area contributed by atoms with Gasteiger partial charge in [0, 0.05) is 26.1 Å². The van der Waals surface area contributed by atoms with Gasteiger partial charge in [-0.25, -0.2) is 0 Å². The Labute approximate surface area is 89.4 Å². The molecule has 4 nitrogen and oxygen atoms in total. The zero-order chi connectivity index (χ0) is 10.6. The lowest BCUT2D eigenvalue weighted by molar-refractivity contribution is -0.136. The molecule has 0 aliphatic carbocycles. The SMILES string of the molecule is COCC(=O)N1CCC(C(N)=S)CC1. The molecule has 5 heteroatoms. The number of hydrogen-bond acceptors (Lipinski definition) is 3. The molecule has 0 aromatic heterocycles. The summed E-state index contributed by atoms with van der Waals surface area (Å²) in [4.78, 5) is 13.8. The Bertz CT molecular complexity index is 225. The van der Waals surface area contributed by atoms with E-state index in [1.807, 2.05) is 0 Å². The van der Waals surface area contributed by atoms with Crippen molar-refractivity contribution in [3.05, 3.63) is 0 Å². The van der Waals surface area contributed by atoms with E-state index in [4.69, 9.17) is 22.7 Å². The van der Waals surface area contributed by atoms with E-state index in [0.717, 1.165) is 25.9 Å². The van der Waals surface area contributed by atoms with Gasteiger partial charge in [-0.1, -0.05) is 12.2 Å². The first kappa shape index (κ1) is 11.4. The molecule has 1 saturated heterocycles. The fourth-order valence-corrected chi connectivity index (χ4v) is 1.86. The Balaban J connectivity index is 2.35. The highest BCUT2D eigenvalue weighted by molar-refractivity contribution is 7.80. The summed E-state index contributed by atoms with van der Waals surface area (Å²) in [5, 5.41) is 0.